The summed E-state index contributed by atoms with van der Waals surface area (Å²) in [4.78, 5) is 19.1. The fourth-order valence-corrected chi connectivity index (χ4v) is 3.28. The molecular weight excluding hydrogens is 332 g/mol. The minimum atomic E-state index is -1.26. The maximum Gasteiger partial charge on any atom is 0.328 e. The van der Waals surface area contributed by atoms with Crippen LogP contribution in [0.15, 0.2) is 12.2 Å². The second-order valence-corrected chi connectivity index (χ2v) is 6.70. The van der Waals surface area contributed by atoms with E-state index in [1.807, 2.05) is 0 Å². The molecule has 6 heteroatoms. The van der Waals surface area contributed by atoms with Gasteiger partial charge < -0.3 is 10.2 Å². The highest BCUT2D eigenvalue weighted by Gasteiger charge is 2.14. The van der Waals surface area contributed by atoms with Gasteiger partial charge in [-0.05, 0) is 24.7 Å². The Morgan fingerprint density at radius 2 is 1.08 bits per heavy atom. The lowest BCUT2D eigenvalue weighted by Crippen LogP contribution is -1.91. The van der Waals surface area contributed by atoms with Crippen LogP contribution < -0.4 is 0 Å². The van der Waals surface area contributed by atoms with E-state index in [0.29, 0.717) is 12.2 Å². The summed E-state index contributed by atoms with van der Waals surface area (Å²) in [6, 6.07) is 4.39. The van der Waals surface area contributed by atoms with Gasteiger partial charge >= 0.3 is 11.9 Å². The van der Waals surface area contributed by atoms with E-state index in [1.54, 1.807) is 0 Å². The number of nitriles is 2. The van der Waals surface area contributed by atoms with Crippen LogP contribution >= 0.6 is 0 Å². The lowest BCUT2D eigenvalue weighted by atomic mass is 10.0. The molecule has 0 aliphatic heterocycles. The quantitative estimate of drug-likeness (QED) is 0.662. The van der Waals surface area contributed by atoms with Crippen molar-refractivity contribution in [3.05, 3.63) is 12.2 Å². The van der Waals surface area contributed by atoms with Gasteiger partial charge in [-0.2, -0.15) is 10.5 Å². The molecule has 0 aromatic carbocycles. The lowest BCUT2D eigenvalue weighted by molar-refractivity contribution is -0.134. The lowest BCUT2D eigenvalue weighted by Gasteiger charge is -2.02. The van der Waals surface area contributed by atoms with Gasteiger partial charge in [0.15, 0.2) is 0 Å². The molecule has 0 saturated heterocycles. The summed E-state index contributed by atoms with van der Waals surface area (Å²) in [5.74, 6) is -0.728. The first-order chi connectivity index (χ1) is 12.5. The molecule has 0 bridgehead atoms. The molecule has 144 valence electrons. The third-order valence-corrected chi connectivity index (χ3v) is 4.65. The van der Waals surface area contributed by atoms with Gasteiger partial charge in [-0.3, -0.25) is 0 Å². The van der Waals surface area contributed by atoms with Gasteiger partial charge in [-0.1, -0.05) is 51.4 Å². The molecule has 26 heavy (non-hydrogen) atoms. The fourth-order valence-electron chi connectivity index (χ4n) is 3.28. The number of aliphatic carboxylic acids is 2. The molecule has 0 heterocycles. The molecule has 0 radical (unpaired) electrons. The number of nitrogens with zero attached hydrogens (tertiary/aromatic N) is 2. The molecule has 0 aromatic rings. The first-order valence-corrected chi connectivity index (χ1v) is 9.37. The standard InChI is InChI=1S/2C8H13N.C4H4O4/c2*9-7-3-6-8-4-1-2-5-8;5-3(6)1-2-4(7)8/h2*8H,1-6H2;1-2H,(H,5,6)(H,7,8)/b;;2-1+. The van der Waals surface area contributed by atoms with Crippen LogP contribution in [-0.2, 0) is 9.59 Å². The third-order valence-electron chi connectivity index (χ3n) is 4.65. The number of hydrogen-bond acceptors (Lipinski definition) is 4. The van der Waals surface area contributed by atoms with Crippen molar-refractivity contribution in [2.45, 2.75) is 77.0 Å². The van der Waals surface area contributed by atoms with Crippen LogP contribution in [0.3, 0.4) is 0 Å². The highest BCUT2D eigenvalue weighted by molar-refractivity contribution is 5.89. The van der Waals surface area contributed by atoms with Crippen LogP contribution in [0.2, 0.25) is 0 Å². The molecule has 2 aliphatic carbocycles. The highest BCUT2D eigenvalue weighted by Crippen LogP contribution is 2.28. The second-order valence-electron chi connectivity index (χ2n) is 6.70. The van der Waals surface area contributed by atoms with E-state index < -0.39 is 11.9 Å². The van der Waals surface area contributed by atoms with Crippen LogP contribution in [-0.4, -0.2) is 22.2 Å². The third kappa shape index (κ3) is 15.2. The predicted octanol–water partition coefficient (Wildman–Crippen LogP) is 4.67. The van der Waals surface area contributed by atoms with Crippen molar-refractivity contribution in [3.63, 3.8) is 0 Å². The van der Waals surface area contributed by atoms with Gasteiger partial charge in [-0.25, -0.2) is 9.59 Å². The van der Waals surface area contributed by atoms with E-state index in [0.717, 1.165) is 37.5 Å². The second kappa shape index (κ2) is 16.1. The summed E-state index contributed by atoms with van der Waals surface area (Å²) in [5.41, 5.74) is 0. The normalized spacial score (nSPS) is 16.7. The van der Waals surface area contributed by atoms with Gasteiger partial charge in [0.05, 0.1) is 12.1 Å². The molecular formula is C20H30N2O4. The Morgan fingerprint density at radius 1 is 0.769 bits per heavy atom. The van der Waals surface area contributed by atoms with Crippen molar-refractivity contribution in [3.8, 4) is 12.1 Å². The Bertz CT molecular complexity index is 459. The number of rotatable bonds is 6. The first-order valence-electron chi connectivity index (χ1n) is 9.37. The molecule has 0 atom stereocenters. The zero-order valence-corrected chi connectivity index (χ0v) is 15.4. The van der Waals surface area contributed by atoms with E-state index in [9.17, 15) is 9.59 Å². The number of carbonyl (C=O) groups is 2. The van der Waals surface area contributed by atoms with E-state index in [4.69, 9.17) is 20.7 Å². The molecule has 0 amide bonds. The zero-order chi connectivity index (χ0) is 19.6. The Labute approximate surface area is 156 Å². The van der Waals surface area contributed by atoms with Crippen molar-refractivity contribution in [1.82, 2.24) is 0 Å². The summed E-state index contributed by atoms with van der Waals surface area (Å²) in [5, 5.41) is 32.2. The van der Waals surface area contributed by atoms with E-state index in [-0.39, 0.29) is 0 Å². The Hall–Kier alpha value is -2.34. The smallest absolute Gasteiger partial charge is 0.328 e. The molecule has 0 spiro atoms. The fraction of sp³-hybridized carbons (Fsp3) is 0.700. The van der Waals surface area contributed by atoms with Crippen LogP contribution in [0.25, 0.3) is 0 Å². The average Bonchev–Trinajstić information content (AvgIpc) is 3.31. The van der Waals surface area contributed by atoms with Crippen LogP contribution in [0.4, 0.5) is 0 Å². The summed E-state index contributed by atoms with van der Waals surface area (Å²) in [6.07, 6.45) is 16.1. The first kappa shape index (κ1) is 23.7. The van der Waals surface area contributed by atoms with Crippen molar-refractivity contribution in [2.24, 2.45) is 11.8 Å². The van der Waals surface area contributed by atoms with Gasteiger partial charge in [-0.15, -0.1) is 0 Å². The molecule has 2 aliphatic rings. The van der Waals surface area contributed by atoms with E-state index in [1.165, 1.54) is 51.4 Å². The summed E-state index contributed by atoms with van der Waals surface area (Å²) < 4.78 is 0. The van der Waals surface area contributed by atoms with Crippen molar-refractivity contribution in [2.75, 3.05) is 0 Å². The summed E-state index contributed by atoms with van der Waals surface area (Å²) >= 11 is 0. The molecule has 2 saturated carbocycles. The highest BCUT2D eigenvalue weighted by atomic mass is 16.4. The average molecular weight is 362 g/mol. The molecule has 2 fully saturated rings. The van der Waals surface area contributed by atoms with E-state index >= 15 is 0 Å². The molecule has 6 nitrogen and oxygen atoms in total. The SMILES string of the molecule is N#CCCC1CCCC1.N#CCCC1CCCC1.O=C(O)/C=C/C(=O)O. The van der Waals surface area contributed by atoms with Gasteiger partial charge in [0.25, 0.3) is 0 Å². The van der Waals surface area contributed by atoms with Crippen LogP contribution in [0.1, 0.15) is 77.0 Å². The van der Waals surface area contributed by atoms with Gasteiger partial charge in [0, 0.05) is 25.0 Å². The van der Waals surface area contributed by atoms with Gasteiger partial charge in [0.1, 0.15) is 0 Å². The number of hydrogen-bond donors (Lipinski definition) is 2. The van der Waals surface area contributed by atoms with E-state index in [2.05, 4.69) is 12.1 Å². The molecule has 2 rings (SSSR count). The van der Waals surface area contributed by atoms with Crippen molar-refractivity contribution in [1.29, 1.82) is 10.5 Å². The van der Waals surface area contributed by atoms with Crippen molar-refractivity contribution >= 4 is 11.9 Å². The van der Waals surface area contributed by atoms with Crippen LogP contribution in [0, 0.1) is 34.5 Å². The molecule has 2 N–H and O–H groups in total. The minimum Gasteiger partial charge on any atom is -0.478 e. The Balaban J connectivity index is 0.000000362. The zero-order valence-electron chi connectivity index (χ0n) is 15.4. The topological polar surface area (TPSA) is 122 Å². The largest absolute Gasteiger partial charge is 0.478 e. The predicted molar refractivity (Wildman–Crippen MR) is 98.0 cm³/mol. The number of carboxylic acids is 2. The van der Waals surface area contributed by atoms with Gasteiger partial charge in [0.2, 0.25) is 0 Å². The minimum absolute atomic E-state index is 0.558. The van der Waals surface area contributed by atoms with Crippen LogP contribution in [0.5, 0.6) is 0 Å². The maximum atomic E-state index is 9.55. The Kier molecular flexibility index (Phi) is 14.7. The maximum absolute atomic E-state index is 9.55. The van der Waals surface area contributed by atoms with Crippen molar-refractivity contribution < 1.29 is 19.8 Å². The monoisotopic (exact) mass is 362 g/mol. The molecule has 0 unspecified atom stereocenters. The summed E-state index contributed by atoms with van der Waals surface area (Å²) in [6.45, 7) is 0. The molecule has 0 aromatic heterocycles. The number of carboxylic acid groups (broad SMARTS) is 2. The summed E-state index contributed by atoms with van der Waals surface area (Å²) in [7, 11) is 0. The Morgan fingerprint density at radius 3 is 1.31 bits per heavy atom.